The van der Waals surface area contributed by atoms with Crippen LogP contribution >= 0.6 is 11.3 Å². The van der Waals surface area contributed by atoms with Gasteiger partial charge in [-0.05, 0) is 58.7 Å². The van der Waals surface area contributed by atoms with Gasteiger partial charge in [-0.15, -0.1) is 11.3 Å². The smallest absolute Gasteiger partial charge is 0.348 e. The Hall–Kier alpha value is -1.77. The Kier molecular flexibility index (Phi) is 6.03. The fourth-order valence-electron chi connectivity index (χ4n) is 4.45. The van der Waals surface area contributed by atoms with Crippen molar-refractivity contribution >= 4 is 33.3 Å². The molecule has 0 saturated carbocycles. The molecule has 0 amide bonds. The second-order valence-electron chi connectivity index (χ2n) is 8.15. The van der Waals surface area contributed by atoms with Crippen LogP contribution in [-0.4, -0.2) is 64.3 Å². The summed E-state index contributed by atoms with van der Waals surface area (Å²) >= 11 is 1.39. The van der Waals surface area contributed by atoms with E-state index < -0.39 is 0 Å². The number of β-amino-alcohol motifs (C(OH)–C–C–N with tert-alkyl or cyclic N) is 1. The third kappa shape index (κ3) is 4.11. The van der Waals surface area contributed by atoms with Gasteiger partial charge in [-0.1, -0.05) is 6.42 Å². The van der Waals surface area contributed by atoms with Gasteiger partial charge in [-0.25, -0.2) is 14.8 Å². The summed E-state index contributed by atoms with van der Waals surface area (Å²) in [4.78, 5) is 28.3. The summed E-state index contributed by atoms with van der Waals surface area (Å²) in [6, 6.07) is 0.191. The Morgan fingerprint density at radius 3 is 2.69 bits per heavy atom. The minimum atomic E-state index is -0.357. The summed E-state index contributed by atoms with van der Waals surface area (Å²) in [5.74, 6) is 1.33. The van der Waals surface area contributed by atoms with Gasteiger partial charge in [0.2, 0.25) is 0 Å². The number of nitrogens with zero attached hydrogens (tertiary/aromatic N) is 4. The first-order valence-corrected chi connectivity index (χ1v) is 11.4. The number of thiophene rings is 1. The van der Waals surface area contributed by atoms with Crippen molar-refractivity contribution in [3.05, 3.63) is 16.3 Å². The molecule has 2 atom stereocenters. The SMILES string of the molecule is CCOC(=O)c1sc2nc(CN3CCCCC3)nc(N3C[C@@H](O)C[C@H]3C)c2c1C. The zero-order valence-corrected chi connectivity index (χ0v) is 18.3. The molecule has 0 unspecified atom stereocenters. The van der Waals surface area contributed by atoms with Crippen molar-refractivity contribution < 1.29 is 14.6 Å². The molecule has 29 heavy (non-hydrogen) atoms. The topological polar surface area (TPSA) is 78.8 Å². The standard InChI is InChI=1S/C21H30N4O3S/c1-4-28-21(27)18-14(3)17-19(25-11-15(26)10-13(25)2)22-16(23-20(17)29-18)12-24-8-6-5-7-9-24/h13,15,26H,4-12H2,1-3H3/t13-,15+/m1/s1. The van der Waals surface area contributed by atoms with Crippen LogP contribution in [0.4, 0.5) is 5.82 Å². The summed E-state index contributed by atoms with van der Waals surface area (Å²) in [7, 11) is 0. The number of likely N-dealkylation sites (tertiary alicyclic amines) is 1. The number of piperidine rings is 1. The van der Waals surface area contributed by atoms with E-state index in [0.29, 0.717) is 18.0 Å². The molecule has 0 aromatic carbocycles. The van der Waals surface area contributed by atoms with Crippen molar-refractivity contribution in [2.24, 2.45) is 0 Å². The number of carbonyl (C=O) groups excluding carboxylic acids is 1. The van der Waals surface area contributed by atoms with Gasteiger partial charge in [-0.3, -0.25) is 4.90 Å². The fraction of sp³-hybridized carbons (Fsp3) is 0.667. The van der Waals surface area contributed by atoms with Crippen LogP contribution in [0, 0.1) is 6.92 Å². The number of aliphatic hydroxyl groups is 1. The van der Waals surface area contributed by atoms with Crippen LogP contribution < -0.4 is 4.90 Å². The number of hydrogen-bond donors (Lipinski definition) is 1. The molecular formula is C21H30N4O3S. The molecule has 8 heteroatoms. The number of carbonyl (C=O) groups is 1. The molecule has 0 bridgehead atoms. The highest BCUT2D eigenvalue weighted by atomic mass is 32.1. The number of rotatable bonds is 5. The highest BCUT2D eigenvalue weighted by molar-refractivity contribution is 7.20. The number of ether oxygens (including phenoxy) is 1. The molecule has 2 saturated heterocycles. The quantitative estimate of drug-likeness (QED) is 0.748. The molecule has 7 nitrogen and oxygen atoms in total. The lowest BCUT2D eigenvalue weighted by Gasteiger charge is -2.27. The van der Waals surface area contributed by atoms with Gasteiger partial charge in [0.25, 0.3) is 0 Å². The van der Waals surface area contributed by atoms with E-state index in [4.69, 9.17) is 14.7 Å². The van der Waals surface area contributed by atoms with Gasteiger partial charge in [0.15, 0.2) is 0 Å². The van der Waals surface area contributed by atoms with Crippen molar-refractivity contribution in [1.82, 2.24) is 14.9 Å². The number of anilines is 1. The molecule has 158 valence electrons. The molecule has 0 aliphatic carbocycles. The van der Waals surface area contributed by atoms with Gasteiger partial charge in [0, 0.05) is 12.6 Å². The zero-order chi connectivity index (χ0) is 20.5. The summed E-state index contributed by atoms with van der Waals surface area (Å²) in [5.41, 5.74) is 0.872. The summed E-state index contributed by atoms with van der Waals surface area (Å²) < 4.78 is 5.26. The Morgan fingerprint density at radius 2 is 2.03 bits per heavy atom. The van der Waals surface area contributed by atoms with Gasteiger partial charge in [0.05, 0.1) is 24.6 Å². The van der Waals surface area contributed by atoms with Gasteiger partial charge in [-0.2, -0.15) is 0 Å². The molecule has 2 aliphatic heterocycles. The number of hydrogen-bond acceptors (Lipinski definition) is 8. The van der Waals surface area contributed by atoms with E-state index in [9.17, 15) is 9.90 Å². The Balaban J connectivity index is 1.78. The van der Waals surface area contributed by atoms with E-state index in [0.717, 1.165) is 53.5 Å². The molecule has 2 aromatic rings. The number of aliphatic hydroxyl groups excluding tert-OH is 1. The highest BCUT2D eigenvalue weighted by Crippen LogP contribution is 2.38. The first-order valence-electron chi connectivity index (χ1n) is 10.6. The first-order chi connectivity index (χ1) is 14.0. The van der Waals surface area contributed by atoms with Crippen molar-refractivity contribution in [2.45, 2.75) is 65.1 Å². The van der Waals surface area contributed by atoms with Crippen molar-refractivity contribution in [2.75, 3.05) is 31.1 Å². The first kappa shape index (κ1) is 20.5. The van der Waals surface area contributed by atoms with Crippen LogP contribution in [0.15, 0.2) is 0 Å². The summed E-state index contributed by atoms with van der Waals surface area (Å²) in [5, 5.41) is 11.1. The number of aromatic nitrogens is 2. The van der Waals surface area contributed by atoms with E-state index in [1.54, 1.807) is 0 Å². The number of aryl methyl sites for hydroxylation is 1. The maximum atomic E-state index is 12.5. The summed E-state index contributed by atoms with van der Waals surface area (Å²) in [6.07, 6.45) is 4.09. The van der Waals surface area contributed by atoms with E-state index in [2.05, 4.69) is 16.7 Å². The molecule has 0 radical (unpaired) electrons. The maximum absolute atomic E-state index is 12.5. The summed E-state index contributed by atoms with van der Waals surface area (Å²) in [6.45, 7) is 9.65. The molecule has 4 rings (SSSR count). The Labute approximate surface area is 175 Å². The van der Waals surface area contributed by atoms with Gasteiger partial charge >= 0.3 is 5.97 Å². The average Bonchev–Trinajstić information content (AvgIpc) is 3.21. The lowest BCUT2D eigenvalue weighted by atomic mass is 10.1. The molecule has 2 aromatic heterocycles. The minimum Gasteiger partial charge on any atom is -0.462 e. The molecule has 2 aliphatic rings. The molecule has 2 fully saturated rings. The van der Waals surface area contributed by atoms with Crippen LogP contribution in [0.25, 0.3) is 10.2 Å². The van der Waals surface area contributed by atoms with Crippen LogP contribution in [-0.2, 0) is 11.3 Å². The van der Waals surface area contributed by atoms with E-state index in [1.807, 2.05) is 13.8 Å². The molecule has 4 heterocycles. The van der Waals surface area contributed by atoms with Crippen LogP contribution in [0.2, 0.25) is 0 Å². The van der Waals surface area contributed by atoms with Crippen molar-refractivity contribution in [3.63, 3.8) is 0 Å². The van der Waals surface area contributed by atoms with E-state index >= 15 is 0 Å². The lowest BCUT2D eigenvalue weighted by Crippen LogP contribution is -2.31. The maximum Gasteiger partial charge on any atom is 0.348 e. The van der Waals surface area contributed by atoms with Gasteiger partial charge < -0.3 is 14.7 Å². The molecule has 0 spiro atoms. The molecular weight excluding hydrogens is 388 g/mol. The lowest BCUT2D eigenvalue weighted by molar-refractivity contribution is 0.0531. The normalized spacial score (nSPS) is 23.1. The minimum absolute atomic E-state index is 0.191. The third-order valence-corrected chi connectivity index (χ3v) is 7.08. The second-order valence-corrected chi connectivity index (χ2v) is 9.15. The van der Waals surface area contributed by atoms with Gasteiger partial charge in [0.1, 0.15) is 21.3 Å². The Bertz CT molecular complexity index is 894. The van der Waals surface area contributed by atoms with Crippen LogP contribution in [0.5, 0.6) is 0 Å². The number of esters is 1. The predicted octanol–water partition coefficient (Wildman–Crippen LogP) is 3.12. The fourth-order valence-corrected chi connectivity index (χ4v) is 5.53. The van der Waals surface area contributed by atoms with E-state index in [-0.39, 0.29) is 18.1 Å². The largest absolute Gasteiger partial charge is 0.462 e. The highest BCUT2D eigenvalue weighted by Gasteiger charge is 2.32. The monoisotopic (exact) mass is 418 g/mol. The molecule has 1 N–H and O–H groups in total. The third-order valence-electron chi connectivity index (χ3n) is 5.92. The van der Waals surface area contributed by atoms with Crippen molar-refractivity contribution in [3.8, 4) is 0 Å². The van der Waals surface area contributed by atoms with Crippen molar-refractivity contribution in [1.29, 1.82) is 0 Å². The zero-order valence-electron chi connectivity index (χ0n) is 17.5. The Morgan fingerprint density at radius 1 is 1.28 bits per heavy atom. The average molecular weight is 419 g/mol. The van der Waals surface area contributed by atoms with Crippen LogP contribution in [0.3, 0.4) is 0 Å². The second kappa shape index (κ2) is 8.53. The predicted molar refractivity (Wildman–Crippen MR) is 115 cm³/mol. The number of fused-ring (bicyclic) bond motifs is 1. The van der Waals surface area contributed by atoms with E-state index in [1.165, 1.54) is 30.6 Å². The van der Waals surface area contributed by atoms with Crippen LogP contribution in [0.1, 0.15) is 60.6 Å².